The van der Waals surface area contributed by atoms with Crippen LogP contribution in [0.15, 0.2) is 18.2 Å². The summed E-state index contributed by atoms with van der Waals surface area (Å²) in [6.07, 6.45) is 0. The highest BCUT2D eigenvalue weighted by Crippen LogP contribution is 2.28. The van der Waals surface area contributed by atoms with Gasteiger partial charge in [0.1, 0.15) is 5.75 Å². The first kappa shape index (κ1) is 9.51. The minimum Gasteiger partial charge on any atom is -0.507 e. The normalized spacial score (nSPS) is 10.3. The van der Waals surface area contributed by atoms with Gasteiger partial charge in [-0.1, -0.05) is 12.1 Å². The maximum Gasteiger partial charge on any atom is 0.207 e. The van der Waals surface area contributed by atoms with Gasteiger partial charge >= 0.3 is 0 Å². The predicted octanol–water partition coefficient (Wildman–Crippen LogP) is 1.26. The monoisotopic (exact) mass is 202 g/mol. The molecule has 1 aromatic heterocycles. The zero-order chi connectivity index (χ0) is 10.8. The molecule has 2 rings (SSSR count). The molecule has 76 valence electrons. The second-order valence-corrected chi connectivity index (χ2v) is 3.24. The average molecular weight is 202 g/mol. The van der Waals surface area contributed by atoms with Crippen molar-refractivity contribution in [1.29, 1.82) is 0 Å². The zero-order valence-electron chi connectivity index (χ0n) is 8.47. The van der Waals surface area contributed by atoms with Gasteiger partial charge in [-0.15, -0.1) is 20.4 Å². The maximum absolute atomic E-state index is 9.68. The molecule has 0 aliphatic heterocycles. The van der Waals surface area contributed by atoms with Gasteiger partial charge in [-0.25, -0.2) is 0 Å². The first-order valence-electron chi connectivity index (χ1n) is 4.51. The summed E-state index contributed by atoms with van der Waals surface area (Å²) in [6.45, 7) is 3.58. The Morgan fingerprint density at radius 3 is 2.27 bits per heavy atom. The summed E-state index contributed by atoms with van der Waals surface area (Å²) in [5.74, 6) is 0.991. The number of aromatic nitrogens is 4. The van der Waals surface area contributed by atoms with Crippen molar-refractivity contribution in [3.8, 4) is 17.1 Å². The van der Waals surface area contributed by atoms with E-state index in [1.807, 2.05) is 13.0 Å². The molecule has 0 amide bonds. The number of rotatable bonds is 1. The summed E-state index contributed by atoms with van der Waals surface area (Å²) in [4.78, 5) is 0. The molecular weight excluding hydrogens is 192 g/mol. The Balaban J connectivity index is 2.58. The average Bonchev–Trinajstić information content (AvgIpc) is 2.20. The minimum atomic E-state index is 0.141. The first-order valence-corrected chi connectivity index (χ1v) is 4.51. The Hall–Kier alpha value is -2.04. The molecule has 5 nitrogen and oxygen atoms in total. The van der Waals surface area contributed by atoms with Crippen molar-refractivity contribution < 1.29 is 5.11 Å². The predicted molar refractivity (Wildman–Crippen MR) is 54.2 cm³/mol. The van der Waals surface area contributed by atoms with Crippen molar-refractivity contribution >= 4 is 0 Å². The SMILES string of the molecule is Cc1nnc(-c2c(C)cccc2O)nn1. The van der Waals surface area contributed by atoms with Gasteiger partial charge in [0.05, 0.1) is 5.56 Å². The van der Waals surface area contributed by atoms with E-state index in [0.717, 1.165) is 5.56 Å². The number of aryl methyl sites for hydroxylation is 2. The molecule has 0 aliphatic carbocycles. The zero-order valence-corrected chi connectivity index (χ0v) is 8.47. The largest absolute Gasteiger partial charge is 0.507 e. The van der Waals surface area contributed by atoms with E-state index in [0.29, 0.717) is 17.2 Å². The molecule has 0 spiro atoms. The number of phenolic OH excluding ortho intramolecular Hbond substituents is 1. The van der Waals surface area contributed by atoms with Crippen LogP contribution in [0.4, 0.5) is 0 Å². The van der Waals surface area contributed by atoms with Crippen LogP contribution in [-0.4, -0.2) is 25.5 Å². The van der Waals surface area contributed by atoms with Crippen molar-refractivity contribution in [1.82, 2.24) is 20.4 Å². The van der Waals surface area contributed by atoms with Crippen LogP contribution in [0.2, 0.25) is 0 Å². The summed E-state index contributed by atoms with van der Waals surface area (Å²) in [5.41, 5.74) is 1.47. The highest BCUT2D eigenvalue weighted by molar-refractivity contribution is 5.66. The highest BCUT2D eigenvalue weighted by Gasteiger charge is 2.10. The molecule has 1 heterocycles. The van der Waals surface area contributed by atoms with Crippen LogP contribution in [0.25, 0.3) is 11.4 Å². The van der Waals surface area contributed by atoms with Crippen LogP contribution in [0.5, 0.6) is 5.75 Å². The second kappa shape index (κ2) is 3.61. The number of nitrogens with zero attached hydrogens (tertiary/aromatic N) is 4. The van der Waals surface area contributed by atoms with Crippen molar-refractivity contribution in [2.75, 3.05) is 0 Å². The number of hydrogen-bond acceptors (Lipinski definition) is 5. The van der Waals surface area contributed by atoms with Gasteiger partial charge in [0.15, 0.2) is 5.82 Å². The van der Waals surface area contributed by atoms with Crippen LogP contribution >= 0.6 is 0 Å². The van der Waals surface area contributed by atoms with Gasteiger partial charge in [0.25, 0.3) is 0 Å². The molecule has 0 saturated heterocycles. The van der Waals surface area contributed by atoms with E-state index < -0.39 is 0 Å². The Bertz CT molecular complexity index is 461. The molecule has 0 aliphatic rings. The van der Waals surface area contributed by atoms with E-state index in [4.69, 9.17) is 0 Å². The van der Waals surface area contributed by atoms with Crippen LogP contribution < -0.4 is 0 Å². The summed E-state index contributed by atoms with van der Waals surface area (Å²) in [7, 11) is 0. The molecule has 1 aromatic carbocycles. The molecule has 0 unspecified atom stereocenters. The Labute approximate surface area is 86.8 Å². The third-order valence-electron chi connectivity index (χ3n) is 2.05. The lowest BCUT2D eigenvalue weighted by Gasteiger charge is -2.04. The van der Waals surface area contributed by atoms with Crippen LogP contribution in [0, 0.1) is 13.8 Å². The highest BCUT2D eigenvalue weighted by atomic mass is 16.3. The fourth-order valence-corrected chi connectivity index (χ4v) is 1.32. The Morgan fingerprint density at radius 1 is 1.00 bits per heavy atom. The van der Waals surface area contributed by atoms with Crippen molar-refractivity contribution in [2.45, 2.75) is 13.8 Å². The van der Waals surface area contributed by atoms with Gasteiger partial charge in [-0.2, -0.15) is 0 Å². The van der Waals surface area contributed by atoms with Gasteiger partial charge in [0, 0.05) is 0 Å². The molecule has 0 radical (unpaired) electrons. The molecule has 0 atom stereocenters. The molecule has 0 fully saturated rings. The summed E-state index contributed by atoms with van der Waals surface area (Å²) in [5, 5.41) is 25.1. The topological polar surface area (TPSA) is 71.8 Å². The molecule has 5 heteroatoms. The van der Waals surface area contributed by atoms with Crippen molar-refractivity contribution in [3.05, 3.63) is 29.6 Å². The first-order chi connectivity index (χ1) is 7.18. The summed E-state index contributed by atoms with van der Waals surface area (Å²) in [6, 6.07) is 5.23. The van der Waals surface area contributed by atoms with Crippen LogP contribution in [0.1, 0.15) is 11.4 Å². The quantitative estimate of drug-likeness (QED) is 0.753. The van der Waals surface area contributed by atoms with Crippen LogP contribution in [0.3, 0.4) is 0 Å². The van der Waals surface area contributed by atoms with Gasteiger partial charge in [-0.3, -0.25) is 0 Å². The third kappa shape index (κ3) is 1.76. The molecule has 1 N–H and O–H groups in total. The number of hydrogen-bond donors (Lipinski definition) is 1. The maximum atomic E-state index is 9.68. The van der Waals surface area contributed by atoms with Crippen LogP contribution in [-0.2, 0) is 0 Å². The van der Waals surface area contributed by atoms with E-state index in [2.05, 4.69) is 20.4 Å². The fraction of sp³-hybridized carbons (Fsp3) is 0.200. The minimum absolute atomic E-state index is 0.141. The third-order valence-corrected chi connectivity index (χ3v) is 2.05. The Morgan fingerprint density at radius 2 is 1.67 bits per heavy atom. The van der Waals surface area contributed by atoms with E-state index >= 15 is 0 Å². The van der Waals surface area contributed by atoms with Gasteiger partial charge in [-0.05, 0) is 25.5 Å². The van der Waals surface area contributed by atoms with E-state index in [-0.39, 0.29) is 5.75 Å². The molecule has 15 heavy (non-hydrogen) atoms. The molecule has 0 saturated carbocycles. The lowest BCUT2D eigenvalue weighted by atomic mass is 10.1. The van der Waals surface area contributed by atoms with E-state index in [9.17, 15) is 5.11 Å². The van der Waals surface area contributed by atoms with Crippen molar-refractivity contribution in [2.24, 2.45) is 0 Å². The number of aromatic hydroxyl groups is 1. The lowest BCUT2D eigenvalue weighted by molar-refractivity contribution is 0.476. The van der Waals surface area contributed by atoms with Gasteiger partial charge < -0.3 is 5.11 Å². The molecule has 2 aromatic rings. The second-order valence-electron chi connectivity index (χ2n) is 3.24. The van der Waals surface area contributed by atoms with E-state index in [1.165, 1.54) is 0 Å². The van der Waals surface area contributed by atoms with Crippen molar-refractivity contribution in [3.63, 3.8) is 0 Å². The Kier molecular flexibility index (Phi) is 2.29. The molecule has 0 bridgehead atoms. The number of phenols is 1. The lowest BCUT2D eigenvalue weighted by Crippen LogP contribution is -1.99. The summed E-state index contributed by atoms with van der Waals surface area (Å²) < 4.78 is 0. The smallest absolute Gasteiger partial charge is 0.207 e. The fourth-order valence-electron chi connectivity index (χ4n) is 1.32. The van der Waals surface area contributed by atoms with Gasteiger partial charge in [0.2, 0.25) is 5.82 Å². The standard InChI is InChI=1S/C10H10N4O/c1-6-4-3-5-8(15)9(6)10-13-11-7(2)12-14-10/h3-5,15H,1-2H3. The molecular formula is C10H10N4O. The van der Waals surface area contributed by atoms with E-state index in [1.54, 1.807) is 19.1 Å². The number of benzene rings is 1. The summed E-state index contributed by atoms with van der Waals surface area (Å²) >= 11 is 0.